The van der Waals surface area contributed by atoms with E-state index in [-0.39, 0.29) is 36.0 Å². The lowest BCUT2D eigenvalue weighted by Gasteiger charge is -2.47. The molecule has 0 aromatic carbocycles. The Kier molecular flexibility index (Phi) is 14.8. The first-order valence-corrected chi connectivity index (χ1v) is 38.4. The molecule has 0 spiro atoms. The van der Waals surface area contributed by atoms with Gasteiger partial charge in [-0.2, -0.15) is 0 Å². The summed E-state index contributed by atoms with van der Waals surface area (Å²) in [5.74, 6) is -6.79. The lowest BCUT2D eigenvalue weighted by atomic mass is 9.75. The molecule has 0 aromatic heterocycles. The van der Waals surface area contributed by atoms with Crippen LogP contribution < -0.4 is 42.5 Å². The molecule has 22 nitrogen and oxygen atoms in total. The van der Waals surface area contributed by atoms with Crippen molar-refractivity contribution < 1.29 is 58.9 Å². The second kappa shape index (κ2) is 18.5. The van der Waals surface area contributed by atoms with E-state index in [1.54, 1.807) is 0 Å². The van der Waals surface area contributed by atoms with Crippen LogP contribution in [-0.4, -0.2) is 145 Å². The molecule has 4 aliphatic carbocycles. The van der Waals surface area contributed by atoms with Crippen LogP contribution in [0.25, 0.3) is 0 Å². The Bertz CT molecular complexity index is 2850. The monoisotopic (exact) mass is 1240 g/mol. The van der Waals surface area contributed by atoms with Crippen LogP contribution in [0.2, 0.25) is 0 Å². The normalized spacial score (nSPS) is 48.2. The quantitative estimate of drug-likeness (QED) is 0.148. The van der Waals surface area contributed by atoms with Crippen LogP contribution >= 0.6 is 74.8 Å². The Hall–Kier alpha value is 1.36. The number of hydrogen-bond donors (Lipinski definition) is 8. The lowest BCUT2D eigenvalue weighted by molar-refractivity contribution is 0.171. The summed E-state index contributed by atoms with van der Waals surface area (Å²) < 4.78 is 192. The van der Waals surface area contributed by atoms with Crippen LogP contribution in [0.4, 0.5) is 0 Å². The van der Waals surface area contributed by atoms with E-state index in [0.717, 1.165) is 44.9 Å². The fourth-order valence-electron chi connectivity index (χ4n) is 14.3. The summed E-state index contributed by atoms with van der Waals surface area (Å²) in [6.07, 6.45) is -2.05. The molecule has 0 amide bonds. The van der Waals surface area contributed by atoms with Crippen LogP contribution in [0.5, 0.6) is 0 Å². The third-order valence-corrected chi connectivity index (χ3v) is 30.5. The third kappa shape index (κ3) is 9.87. The Morgan fingerprint density at radius 3 is 0.779 bits per heavy atom. The maximum Gasteiger partial charge on any atom is 0.238 e. The fourth-order valence-corrected chi connectivity index (χ4v) is 33.0. The molecule has 392 valence electrons. The Morgan fingerprint density at radius 2 is 0.500 bits per heavy atom. The van der Waals surface area contributed by atoms with Crippen molar-refractivity contribution in [2.24, 2.45) is 47.3 Å². The van der Waals surface area contributed by atoms with Gasteiger partial charge in [0.25, 0.3) is 0 Å². The molecule has 36 heteroatoms. The van der Waals surface area contributed by atoms with Gasteiger partial charge in [-0.1, -0.05) is 25.7 Å². The summed E-state index contributed by atoms with van der Waals surface area (Å²) in [6.45, 7) is 0. The molecule has 4 saturated carbocycles. The van der Waals surface area contributed by atoms with Gasteiger partial charge in [-0.05, 0) is 61.7 Å². The minimum Gasteiger partial charge on any atom is -0.286 e. The second-order valence-electron chi connectivity index (χ2n) is 19.7. The number of fused-ring (bicyclic) bond motifs is 20. The zero-order valence-electron chi connectivity index (χ0n) is 34.9. The maximum absolute atomic E-state index is 14.0. The zero-order chi connectivity index (χ0) is 49.8. The zero-order valence-corrected chi connectivity index (χ0v) is 45.9. The lowest BCUT2D eigenvalue weighted by Crippen LogP contribution is -2.68. The molecule has 5 heterocycles. The molecule has 0 aromatic rings. The van der Waals surface area contributed by atoms with Crippen molar-refractivity contribution in [1.29, 1.82) is 0 Å². The van der Waals surface area contributed by atoms with Crippen molar-refractivity contribution in [2.45, 2.75) is 144 Å². The highest BCUT2D eigenvalue weighted by Crippen LogP contribution is 2.54. The van der Waals surface area contributed by atoms with Gasteiger partial charge in [0.2, 0.25) is 63.4 Å². The van der Waals surface area contributed by atoms with Gasteiger partial charge >= 0.3 is 0 Å². The van der Waals surface area contributed by atoms with Crippen molar-refractivity contribution in [3.05, 3.63) is 0 Å². The van der Waals surface area contributed by atoms with Gasteiger partial charge in [-0.3, -0.25) is 42.5 Å². The van der Waals surface area contributed by atoms with Crippen molar-refractivity contribution >= 4 is 138 Å². The highest BCUT2D eigenvalue weighted by atomic mass is 35.7. The molecule has 23 atom stereocenters. The molecule has 23 unspecified atom stereocenters. The predicted octanol–water partition coefficient (Wildman–Crippen LogP) is -0.565. The molecule has 8 bridgehead atoms. The third-order valence-electron chi connectivity index (χ3n) is 16.5. The summed E-state index contributed by atoms with van der Waals surface area (Å²) >= 11 is 0. The van der Waals surface area contributed by atoms with Gasteiger partial charge in [0.1, 0.15) is 31.5 Å². The molecule has 9 aliphatic rings. The molecule has 9 rings (SSSR count). The first kappa shape index (κ1) is 54.2. The van der Waals surface area contributed by atoms with E-state index in [9.17, 15) is 58.9 Å². The molecule has 0 radical (unpaired) electrons. The van der Waals surface area contributed by atoms with Crippen molar-refractivity contribution in [1.82, 2.24) is 42.5 Å². The summed E-state index contributed by atoms with van der Waals surface area (Å²) in [7, 11) is 5.01. The Morgan fingerprint density at radius 1 is 0.265 bits per heavy atom. The summed E-state index contributed by atoms with van der Waals surface area (Å²) in [5, 5.41) is 9.44. The van der Waals surface area contributed by atoms with Gasteiger partial charge in [0, 0.05) is 92.5 Å². The van der Waals surface area contributed by atoms with Gasteiger partial charge in [0.05, 0.1) is 54.6 Å². The molecular formula is C32H49Cl7N8O14S7. The van der Waals surface area contributed by atoms with E-state index in [4.69, 9.17) is 74.8 Å². The summed E-state index contributed by atoms with van der Waals surface area (Å²) in [6, 6.07) is 0. The minimum absolute atomic E-state index is 0.0220. The first-order chi connectivity index (χ1) is 31.2. The van der Waals surface area contributed by atoms with Crippen LogP contribution in [-0.2, 0) is 63.4 Å². The van der Waals surface area contributed by atoms with Gasteiger partial charge in [-0.25, -0.2) is 58.9 Å². The minimum atomic E-state index is -5.51. The molecule has 68 heavy (non-hydrogen) atoms. The number of hydrogen-bond acceptors (Lipinski definition) is 22. The largest absolute Gasteiger partial charge is 0.286 e. The summed E-state index contributed by atoms with van der Waals surface area (Å²) in [5.41, 5.74) is 0. The molecule has 9 fully saturated rings. The van der Waals surface area contributed by atoms with Crippen molar-refractivity contribution in [2.75, 3.05) is 0 Å². The van der Waals surface area contributed by atoms with E-state index in [2.05, 4.69) is 42.5 Å². The van der Waals surface area contributed by atoms with Crippen LogP contribution in [0.3, 0.4) is 0 Å². The van der Waals surface area contributed by atoms with E-state index in [0.29, 0.717) is 6.42 Å². The molecule has 8 N–H and O–H groups in total. The van der Waals surface area contributed by atoms with E-state index >= 15 is 0 Å². The topological polar surface area (TPSA) is 335 Å². The van der Waals surface area contributed by atoms with Crippen LogP contribution in [0, 0.1) is 47.3 Å². The Balaban J connectivity index is 1.26. The maximum atomic E-state index is 14.0. The fraction of sp³-hybridized carbons (Fsp3) is 1.00. The average Bonchev–Trinajstić information content (AvgIpc) is 3.92. The van der Waals surface area contributed by atoms with Crippen LogP contribution in [0.1, 0.15) is 57.8 Å². The first-order valence-electron chi connectivity index (χ1n) is 21.8. The standard InChI is InChI=1S/C32H49Cl7N8O14S7/c33-62(48,49)15-9-14-16(20(64(35,52)53)19(15)63(34,50)51)30-45-29(14)43-27-11-6-2-1-5-10(11)25(41-27)40-26-12-7-3-4-8-13(12)28(42-26)44-31-17-18(32(46-30)47-31)22(66(37,56)57)24(68(39,60)61)23(67(38,58)59)21(17)65(36,54)55/h10-32,40-47H,1-9H2. The highest BCUT2D eigenvalue weighted by molar-refractivity contribution is 8.21. The Labute approximate surface area is 426 Å². The molecule has 5 aliphatic heterocycles. The predicted molar refractivity (Wildman–Crippen MR) is 255 cm³/mol. The average molecular weight is 1240 g/mol. The second-order valence-corrected chi connectivity index (χ2v) is 39.2. The molecule has 5 saturated heterocycles. The van der Waals surface area contributed by atoms with Gasteiger partial charge in [-0.15, -0.1) is 0 Å². The number of rotatable bonds is 7. The van der Waals surface area contributed by atoms with Crippen LogP contribution in [0.15, 0.2) is 0 Å². The van der Waals surface area contributed by atoms with Gasteiger partial charge in [0.15, 0.2) is 0 Å². The molecular weight excluding hydrogens is 1190 g/mol. The van der Waals surface area contributed by atoms with Crippen molar-refractivity contribution in [3.63, 3.8) is 0 Å². The van der Waals surface area contributed by atoms with E-state index in [1.807, 2.05) is 0 Å². The van der Waals surface area contributed by atoms with Crippen molar-refractivity contribution in [3.8, 4) is 0 Å². The number of nitrogens with one attached hydrogen (secondary N) is 8. The smallest absolute Gasteiger partial charge is 0.238 e. The van der Waals surface area contributed by atoms with E-state index < -0.39 is 167 Å². The highest BCUT2D eigenvalue weighted by Gasteiger charge is 2.72. The summed E-state index contributed by atoms with van der Waals surface area (Å²) in [4.78, 5) is 0. The van der Waals surface area contributed by atoms with E-state index in [1.165, 1.54) is 0 Å². The van der Waals surface area contributed by atoms with Gasteiger partial charge < -0.3 is 0 Å². The number of halogens is 7. The SMILES string of the molecule is O=S(=O)(Cl)C1CC2C3NC4NC(NC5NC(NC6NC(NC(N3)C2C(S(=O)(=O)Cl)C1S(=O)(=O)Cl)C1C6C(S(=O)(=O)Cl)C(S(=O)(=O)Cl)C(S(=O)(=O)Cl)C1S(=O)(=O)Cl)C1CCCCC51)C1CCCCC41.